The van der Waals surface area contributed by atoms with Crippen LogP contribution in [0.4, 0.5) is 10.1 Å². The van der Waals surface area contributed by atoms with Crippen molar-refractivity contribution in [3.63, 3.8) is 0 Å². The molecule has 1 N–H and O–H groups in total. The molecule has 1 amide bonds. The lowest BCUT2D eigenvalue weighted by molar-refractivity contribution is -0.116. The summed E-state index contributed by atoms with van der Waals surface area (Å²) in [6, 6.07) is 13.9. The maximum Gasteiger partial charge on any atom is 0.257 e. The van der Waals surface area contributed by atoms with Gasteiger partial charge in [0.25, 0.3) is 5.56 Å². The molecule has 0 fully saturated rings. The number of aryl methyl sites for hydroxylation is 2. The van der Waals surface area contributed by atoms with Crippen LogP contribution in [0.1, 0.15) is 41.6 Å². The lowest BCUT2D eigenvalue weighted by Crippen LogP contribution is -2.25. The topological polar surface area (TPSA) is 64.0 Å². The van der Waals surface area contributed by atoms with Crippen LogP contribution in [0.5, 0.6) is 0 Å². The van der Waals surface area contributed by atoms with Crippen molar-refractivity contribution < 1.29 is 9.18 Å². The van der Waals surface area contributed by atoms with Gasteiger partial charge in [0.15, 0.2) is 5.16 Å². The first-order valence-corrected chi connectivity index (χ1v) is 11.6. The number of unbranched alkanes of at least 4 members (excludes halogenated alkanes) is 1. The summed E-state index contributed by atoms with van der Waals surface area (Å²) in [6.07, 6.45) is 2.50. The molecule has 1 aromatic heterocycles. The fraction of sp³-hybridized carbons (Fsp3) is 0.320. The number of nitrogens with zero attached hydrogens (tertiary/aromatic N) is 2. The normalized spacial score (nSPS) is 10.9. The van der Waals surface area contributed by atoms with Crippen LogP contribution in [0.2, 0.25) is 0 Å². The molecule has 0 spiro atoms. The molecule has 5 nitrogen and oxygen atoms in total. The van der Waals surface area contributed by atoms with Crippen LogP contribution in [0.25, 0.3) is 0 Å². The van der Waals surface area contributed by atoms with Gasteiger partial charge in [-0.2, -0.15) is 0 Å². The van der Waals surface area contributed by atoms with Crippen molar-refractivity contribution in [2.24, 2.45) is 7.05 Å². The largest absolute Gasteiger partial charge is 0.326 e. The molecule has 1 heterocycles. The summed E-state index contributed by atoms with van der Waals surface area (Å²) >= 11 is 1.53. The zero-order chi connectivity index (χ0) is 23.1. The van der Waals surface area contributed by atoms with Crippen molar-refractivity contribution in [1.82, 2.24) is 9.55 Å². The second-order valence-electron chi connectivity index (χ2n) is 7.85. The number of amides is 1. The summed E-state index contributed by atoms with van der Waals surface area (Å²) in [5.41, 5.74) is 4.33. The molecule has 0 radical (unpaired) electrons. The van der Waals surface area contributed by atoms with Gasteiger partial charge in [0.05, 0.1) is 0 Å². The summed E-state index contributed by atoms with van der Waals surface area (Å²) in [6.45, 7) is 3.93. The zero-order valence-corrected chi connectivity index (χ0v) is 19.5. The molecule has 0 aliphatic carbocycles. The van der Waals surface area contributed by atoms with E-state index in [0.29, 0.717) is 23.7 Å². The molecular weight excluding hydrogens is 425 g/mol. The first-order valence-electron chi connectivity index (χ1n) is 10.6. The molecule has 0 saturated heterocycles. The van der Waals surface area contributed by atoms with E-state index in [1.807, 2.05) is 32.0 Å². The van der Waals surface area contributed by atoms with Gasteiger partial charge in [-0.25, -0.2) is 9.37 Å². The van der Waals surface area contributed by atoms with Crippen LogP contribution in [0.3, 0.4) is 0 Å². The number of aromatic nitrogens is 2. The van der Waals surface area contributed by atoms with Crippen LogP contribution < -0.4 is 10.9 Å². The highest BCUT2D eigenvalue weighted by atomic mass is 32.2. The third-order valence-electron chi connectivity index (χ3n) is 5.17. The lowest BCUT2D eigenvalue weighted by atomic mass is 10.0. The lowest BCUT2D eigenvalue weighted by Gasteiger charge is -2.12. The summed E-state index contributed by atoms with van der Waals surface area (Å²) in [5, 5.41) is 3.45. The van der Waals surface area contributed by atoms with Gasteiger partial charge in [-0.15, -0.1) is 0 Å². The number of hydrogen-bond acceptors (Lipinski definition) is 4. The van der Waals surface area contributed by atoms with Crippen LogP contribution in [0, 0.1) is 19.7 Å². The Morgan fingerprint density at radius 1 is 1.12 bits per heavy atom. The molecule has 3 rings (SSSR count). The number of carbonyl (C=O) groups excluding carboxylic acids is 1. The number of hydrogen-bond donors (Lipinski definition) is 1. The number of thioether (sulfide) groups is 1. The average molecular weight is 454 g/mol. The number of carbonyl (C=O) groups is 1. The van der Waals surface area contributed by atoms with Gasteiger partial charge in [0, 0.05) is 42.6 Å². The van der Waals surface area contributed by atoms with E-state index < -0.39 is 0 Å². The third kappa shape index (κ3) is 6.53. The Balaban J connectivity index is 1.50. The Kier molecular flexibility index (Phi) is 8.22. The quantitative estimate of drug-likeness (QED) is 0.280. The monoisotopic (exact) mass is 453 g/mol. The molecule has 0 aliphatic heterocycles. The van der Waals surface area contributed by atoms with Crippen molar-refractivity contribution >= 4 is 23.4 Å². The van der Waals surface area contributed by atoms with E-state index in [9.17, 15) is 14.0 Å². The van der Waals surface area contributed by atoms with Gasteiger partial charge in [0.2, 0.25) is 5.91 Å². The minimum atomic E-state index is -0.332. The zero-order valence-electron chi connectivity index (χ0n) is 18.7. The first kappa shape index (κ1) is 23.7. The number of benzene rings is 2. The molecule has 2 aromatic carbocycles. The van der Waals surface area contributed by atoms with E-state index in [2.05, 4.69) is 16.4 Å². The number of anilines is 1. The van der Waals surface area contributed by atoms with Crippen molar-refractivity contribution in [3.05, 3.63) is 87.1 Å². The number of halogens is 1. The van der Waals surface area contributed by atoms with Crippen molar-refractivity contribution in [3.8, 4) is 0 Å². The maximum atomic E-state index is 12.9. The smallest absolute Gasteiger partial charge is 0.257 e. The average Bonchev–Trinajstić information content (AvgIpc) is 2.76. The van der Waals surface area contributed by atoms with E-state index in [0.717, 1.165) is 35.4 Å². The molecule has 0 saturated carbocycles. The van der Waals surface area contributed by atoms with E-state index in [1.54, 1.807) is 23.7 Å². The van der Waals surface area contributed by atoms with Gasteiger partial charge < -0.3 is 5.32 Å². The predicted octanol–water partition coefficient (Wildman–Crippen LogP) is 5.03. The highest BCUT2D eigenvalue weighted by molar-refractivity contribution is 7.99. The van der Waals surface area contributed by atoms with Crippen molar-refractivity contribution in [2.75, 3.05) is 11.1 Å². The highest BCUT2D eigenvalue weighted by Gasteiger charge is 2.13. The second kappa shape index (κ2) is 11.1. The van der Waals surface area contributed by atoms with Gasteiger partial charge in [-0.3, -0.25) is 14.2 Å². The fourth-order valence-corrected chi connectivity index (χ4v) is 4.41. The van der Waals surface area contributed by atoms with E-state index >= 15 is 0 Å². The maximum absolute atomic E-state index is 12.9. The number of nitrogens with one attached hydrogen (secondary N) is 1. The summed E-state index contributed by atoms with van der Waals surface area (Å²) < 4.78 is 14.5. The molecular formula is C25H28FN3O2S. The van der Waals surface area contributed by atoms with E-state index in [4.69, 9.17) is 0 Å². The standard InChI is InChI=1S/C25H28FN3O2S/c1-17-7-6-8-19(15-17)16-22-18(2)27-25(29(3)24(22)31)32-14-5-4-9-23(30)28-21-12-10-20(26)11-13-21/h6-8,10-13,15H,4-5,9,14,16H2,1-3H3,(H,28,30). The molecule has 168 valence electrons. The van der Waals surface area contributed by atoms with E-state index in [1.165, 1.54) is 29.5 Å². The van der Waals surface area contributed by atoms with Crippen LogP contribution in [-0.4, -0.2) is 21.2 Å². The fourth-order valence-electron chi connectivity index (χ4n) is 3.40. The SMILES string of the molecule is Cc1cccc(Cc2c(C)nc(SCCCCC(=O)Nc3ccc(F)cc3)n(C)c2=O)c1. The molecule has 0 bridgehead atoms. The predicted molar refractivity (Wildman–Crippen MR) is 128 cm³/mol. The van der Waals surface area contributed by atoms with Gasteiger partial charge in [-0.05, 0) is 56.5 Å². The summed E-state index contributed by atoms with van der Waals surface area (Å²) in [5.74, 6) is 0.339. The van der Waals surface area contributed by atoms with Gasteiger partial charge in [-0.1, -0.05) is 41.6 Å². The Hall–Kier alpha value is -2.93. The molecule has 7 heteroatoms. The Labute approximate surface area is 192 Å². The summed E-state index contributed by atoms with van der Waals surface area (Å²) in [7, 11) is 1.76. The second-order valence-corrected chi connectivity index (χ2v) is 8.91. The first-order chi connectivity index (χ1) is 15.3. The van der Waals surface area contributed by atoms with Crippen molar-refractivity contribution in [2.45, 2.75) is 44.7 Å². The summed E-state index contributed by atoms with van der Waals surface area (Å²) in [4.78, 5) is 29.6. The van der Waals surface area contributed by atoms with Crippen LogP contribution in [-0.2, 0) is 18.3 Å². The van der Waals surface area contributed by atoms with Crippen LogP contribution in [0.15, 0.2) is 58.5 Å². The van der Waals surface area contributed by atoms with Gasteiger partial charge in [0.1, 0.15) is 5.82 Å². The highest BCUT2D eigenvalue weighted by Crippen LogP contribution is 2.19. The third-order valence-corrected chi connectivity index (χ3v) is 6.29. The Bertz CT molecular complexity index is 1140. The van der Waals surface area contributed by atoms with Crippen LogP contribution >= 0.6 is 11.8 Å². The minimum absolute atomic E-state index is 0.0137. The molecule has 0 unspecified atom stereocenters. The molecule has 0 atom stereocenters. The van der Waals surface area contributed by atoms with Crippen molar-refractivity contribution in [1.29, 1.82) is 0 Å². The molecule has 3 aromatic rings. The van der Waals surface area contributed by atoms with Gasteiger partial charge >= 0.3 is 0 Å². The molecule has 32 heavy (non-hydrogen) atoms. The Morgan fingerprint density at radius 2 is 1.88 bits per heavy atom. The Morgan fingerprint density at radius 3 is 2.59 bits per heavy atom. The van der Waals surface area contributed by atoms with E-state index in [-0.39, 0.29) is 17.3 Å². The number of rotatable bonds is 9. The molecule has 0 aliphatic rings. The minimum Gasteiger partial charge on any atom is -0.326 e.